The molecular weight excluding hydrogens is 382 g/mol. The van der Waals surface area contributed by atoms with Crippen LogP contribution in [0, 0.1) is 0 Å². The van der Waals surface area contributed by atoms with Crippen molar-refractivity contribution in [3.63, 3.8) is 0 Å². The minimum Gasteiger partial charge on any atom is -0.496 e. The van der Waals surface area contributed by atoms with Crippen LogP contribution < -0.4 is 19.5 Å². The molecule has 0 saturated carbocycles. The molecule has 1 aliphatic carbocycles. The van der Waals surface area contributed by atoms with Crippen molar-refractivity contribution in [2.75, 3.05) is 33.3 Å². The van der Waals surface area contributed by atoms with Crippen molar-refractivity contribution >= 4 is 28.2 Å². The molecule has 3 rings (SSSR count). The number of aryl methyl sites for hydroxylation is 1. The standard InChI is InChI=1S/C20H23NO6S/c1-24-12-8-13(25-2)10-14(9-12)27-11-17(22)21-19-18(20(23)26-3)15-6-4-5-7-16(15)28-19/h8-10H,4-7,11H2,1-3H3,(H,21,22). The van der Waals surface area contributed by atoms with E-state index in [-0.39, 0.29) is 12.5 Å². The fourth-order valence-corrected chi connectivity index (χ4v) is 4.44. The summed E-state index contributed by atoms with van der Waals surface area (Å²) in [6, 6.07) is 5.05. The summed E-state index contributed by atoms with van der Waals surface area (Å²) in [4.78, 5) is 25.8. The van der Waals surface area contributed by atoms with Crippen molar-refractivity contribution in [2.45, 2.75) is 25.7 Å². The van der Waals surface area contributed by atoms with E-state index < -0.39 is 5.97 Å². The van der Waals surface area contributed by atoms with Crippen LogP contribution in [0.3, 0.4) is 0 Å². The topological polar surface area (TPSA) is 83.1 Å². The number of hydrogen-bond acceptors (Lipinski definition) is 7. The highest BCUT2D eigenvalue weighted by atomic mass is 32.1. The van der Waals surface area contributed by atoms with Gasteiger partial charge in [-0.2, -0.15) is 0 Å². The first-order chi connectivity index (χ1) is 13.5. The van der Waals surface area contributed by atoms with Gasteiger partial charge < -0.3 is 24.3 Å². The number of amides is 1. The first-order valence-corrected chi connectivity index (χ1v) is 9.76. The summed E-state index contributed by atoms with van der Waals surface area (Å²) in [7, 11) is 4.43. The number of fused-ring (bicyclic) bond motifs is 1. The van der Waals surface area contributed by atoms with E-state index in [1.165, 1.54) is 32.7 Å². The molecule has 1 amide bonds. The Kier molecular flexibility index (Phi) is 6.41. The molecule has 0 fully saturated rings. The molecule has 1 heterocycles. The van der Waals surface area contributed by atoms with E-state index in [4.69, 9.17) is 18.9 Å². The second-order valence-corrected chi connectivity index (χ2v) is 7.40. The van der Waals surface area contributed by atoms with Crippen LogP contribution in [-0.4, -0.2) is 39.8 Å². The molecule has 7 nitrogen and oxygen atoms in total. The average molecular weight is 405 g/mol. The Morgan fingerprint density at radius 3 is 2.29 bits per heavy atom. The number of thiophene rings is 1. The fraction of sp³-hybridized carbons (Fsp3) is 0.400. The summed E-state index contributed by atoms with van der Waals surface area (Å²) in [5, 5.41) is 3.33. The molecular formula is C20H23NO6S. The molecule has 150 valence electrons. The van der Waals surface area contributed by atoms with Gasteiger partial charge in [-0.1, -0.05) is 0 Å². The average Bonchev–Trinajstić information content (AvgIpc) is 3.09. The van der Waals surface area contributed by atoms with E-state index in [9.17, 15) is 9.59 Å². The maximum Gasteiger partial charge on any atom is 0.341 e. The Morgan fingerprint density at radius 2 is 1.64 bits per heavy atom. The Balaban J connectivity index is 1.72. The van der Waals surface area contributed by atoms with Crippen LogP contribution >= 0.6 is 11.3 Å². The van der Waals surface area contributed by atoms with E-state index in [0.29, 0.717) is 27.8 Å². The summed E-state index contributed by atoms with van der Waals surface area (Å²) in [6.07, 6.45) is 3.86. The molecule has 0 spiro atoms. The molecule has 8 heteroatoms. The monoisotopic (exact) mass is 405 g/mol. The molecule has 0 aliphatic heterocycles. The Labute approximate surface area is 167 Å². The van der Waals surface area contributed by atoms with E-state index >= 15 is 0 Å². The first-order valence-electron chi connectivity index (χ1n) is 8.94. The maximum atomic E-state index is 12.4. The number of benzene rings is 1. The molecule has 0 bridgehead atoms. The van der Waals surface area contributed by atoms with Crippen LogP contribution in [-0.2, 0) is 22.4 Å². The third kappa shape index (κ3) is 4.39. The van der Waals surface area contributed by atoms with Crippen LogP contribution in [0.15, 0.2) is 18.2 Å². The summed E-state index contributed by atoms with van der Waals surface area (Å²) in [5.74, 6) is 0.797. The quantitative estimate of drug-likeness (QED) is 0.711. The lowest BCUT2D eigenvalue weighted by Crippen LogP contribution is -2.21. The minimum absolute atomic E-state index is 0.209. The number of carbonyl (C=O) groups is 2. The second-order valence-electron chi connectivity index (χ2n) is 6.29. The van der Waals surface area contributed by atoms with Crippen molar-refractivity contribution in [3.05, 3.63) is 34.2 Å². The van der Waals surface area contributed by atoms with Gasteiger partial charge in [0.15, 0.2) is 6.61 Å². The number of ether oxygens (including phenoxy) is 4. The van der Waals surface area contributed by atoms with Gasteiger partial charge in [0.25, 0.3) is 5.91 Å². The van der Waals surface area contributed by atoms with Crippen LogP contribution in [0.1, 0.15) is 33.6 Å². The smallest absolute Gasteiger partial charge is 0.341 e. The Hall–Kier alpha value is -2.74. The highest BCUT2D eigenvalue weighted by Gasteiger charge is 2.27. The van der Waals surface area contributed by atoms with Crippen molar-refractivity contribution in [2.24, 2.45) is 0 Å². The molecule has 0 radical (unpaired) electrons. The van der Waals surface area contributed by atoms with Gasteiger partial charge in [0.1, 0.15) is 22.2 Å². The van der Waals surface area contributed by atoms with Crippen LogP contribution in [0.25, 0.3) is 0 Å². The molecule has 1 aromatic carbocycles. The zero-order valence-corrected chi connectivity index (χ0v) is 16.9. The molecule has 0 saturated heterocycles. The predicted molar refractivity (Wildman–Crippen MR) is 106 cm³/mol. The Bertz CT molecular complexity index is 854. The third-order valence-corrected chi connectivity index (χ3v) is 5.72. The van der Waals surface area contributed by atoms with Gasteiger partial charge >= 0.3 is 5.97 Å². The largest absolute Gasteiger partial charge is 0.496 e. The zero-order valence-electron chi connectivity index (χ0n) is 16.1. The van der Waals surface area contributed by atoms with Gasteiger partial charge in [-0.25, -0.2) is 4.79 Å². The maximum absolute atomic E-state index is 12.4. The molecule has 2 aromatic rings. The SMILES string of the molecule is COC(=O)c1c(NC(=O)COc2cc(OC)cc(OC)c2)sc2c1CCCC2. The highest BCUT2D eigenvalue weighted by molar-refractivity contribution is 7.17. The highest BCUT2D eigenvalue weighted by Crippen LogP contribution is 2.38. The van der Waals surface area contributed by atoms with Crippen molar-refractivity contribution in [1.29, 1.82) is 0 Å². The molecule has 0 atom stereocenters. The lowest BCUT2D eigenvalue weighted by atomic mass is 9.95. The lowest BCUT2D eigenvalue weighted by Gasteiger charge is -2.12. The number of methoxy groups -OCH3 is 3. The van der Waals surface area contributed by atoms with Crippen LogP contribution in [0.2, 0.25) is 0 Å². The summed E-state index contributed by atoms with van der Waals surface area (Å²) in [6.45, 7) is -0.209. The first kappa shape index (κ1) is 20.0. The van der Waals surface area contributed by atoms with Gasteiger partial charge in [-0.05, 0) is 31.2 Å². The second kappa shape index (κ2) is 8.97. The van der Waals surface area contributed by atoms with E-state index in [0.717, 1.165) is 36.1 Å². The van der Waals surface area contributed by atoms with E-state index in [1.54, 1.807) is 18.2 Å². The number of rotatable bonds is 7. The number of esters is 1. The molecule has 1 aliphatic rings. The van der Waals surface area contributed by atoms with Gasteiger partial charge in [-0.15, -0.1) is 11.3 Å². The number of hydrogen-bond donors (Lipinski definition) is 1. The van der Waals surface area contributed by atoms with E-state index in [1.807, 2.05) is 0 Å². The third-order valence-electron chi connectivity index (χ3n) is 4.51. The summed E-state index contributed by atoms with van der Waals surface area (Å²) in [5.41, 5.74) is 1.47. The van der Waals surface area contributed by atoms with Crippen LogP contribution in [0.5, 0.6) is 17.2 Å². The summed E-state index contributed by atoms with van der Waals surface area (Å²) < 4.78 is 20.9. The zero-order chi connectivity index (χ0) is 20.1. The van der Waals surface area contributed by atoms with Gasteiger partial charge in [0.05, 0.1) is 26.9 Å². The summed E-state index contributed by atoms with van der Waals surface area (Å²) >= 11 is 1.44. The van der Waals surface area contributed by atoms with Gasteiger partial charge in [0, 0.05) is 23.1 Å². The predicted octanol–water partition coefficient (Wildman–Crippen LogP) is 3.45. The minimum atomic E-state index is -0.423. The number of carbonyl (C=O) groups excluding carboxylic acids is 2. The van der Waals surface area contributed by atoms with Crippen molar-refractivity contribution in [1.82, 2.24) is 0 Å². The molecule has 1 N–H and O–H groups in total. The van der Waals surface area contributed by atoms with Gasteiger partial charge in [0.2, 0.25) is 0 Å². The normalized spacial score (nSPS) is 12.7. The lowest BCUT2D eigenvalue weighted by molar-refractivity contribution is -0.118. The van der Waals surface area contributed by atoms with Crippen molar-refractivity contribution in [3.8, 4) is 17.2 Å². The fourth-order valence-electron chi connectivity index (χ4n) is 3.15. The molecule has 1 aromatic heterocycles. The molecule has 28 heavy (non-hydrogen) atoms. The Morgan fingerprint density at radius 1 is 1.00 bits per heavy atom. The van der Waals surface area contributed by atoms with E-state index in [2.05, 4.69) is 5.32 Å². The van der Waals surface area contributed by atoms with Crippen LogP contribution in [0.4, 0.5) is 5.00 Å². The number of nitrogens with one attached hydrogen (secondary N) is 1. The van der Waals surface area contributed by atoms with Crippen molar-refractivity contribution < 1.29 is 28.5 Å². The number of anilines is 1. The molecule has 0 unspecified atom stereocenters. The van der Waals surface area contributed by atoms with Gasteiger partial charge in [-0.3, -0.25) is 4.79 Å².